The molecule has 1 aromatic heterocycles. The number of nitrogens with one attached hydrogen (secondary N) is 1. The second-order valence-electron chi connectivity index (χ2n) is 6.08. The zero-order valence-electron chi connectivity index (χ0n) is 10.4. The number of hydrogen-bond acceptors (Lipinski definition) is 2. The maximum atomic E-state index is 12.4. The van der Waals surface area contributed by atoms with Crippen molar-refractivity contribution in [3.8, 4) is 0 Å². The molecule has 16 heavy (non-hydrogen) atoms. The number of fused-ring (bicyclic) bond motifs is 1. The van der Waals surface area contributed by atoms with Crippen LogP contribution in [0.15, 0.2) is 18.3 Å². The van der Waals surface area contributed by atoms with Gasteiger partial charge in [0.2, 0.25) is 0 Å². The van der Waals surface area contributed by atoms with E-state index in [2.05, 4.69) is 44.1 Å². The Balaban J connectivity index is 2.67. The van der Waals surface area contributed by atoms with E-state index in [0.717, 1.165) is 5.82 Å². The summed E-state index contributed by atoms with van der Waals surface area (Å²) >= 11 is -3.10. The molecule has 0 fully saturated rings. The van der Waals surface area contributed by atoms with E-state index >= 15 is 0 Å². The molecule has 3 nitrogen and oxygen atoms in total. The van der Waals surface area contributed by atoms with Crippen molar-refractivity contribution in [3.63, 3.8) is 0 Å². The van der Waals surface area contributed by atoms with Gasteiger partial charge in [0.05, 0.1) is 0 Å². The maximum absolute atomic E-state index is 12.4. The van der Waals surface area contributed by atoms with E-state index in [0.29, 0.717) is 6.03 Å². The Hall–Kier alpha value is -0.120. The molecular formula is C12H18CaN2O. The van der Waals surface area contributed by atoms with E-state index < -0.39 is 29.9 Å². The second-order valence-corrected chi connectivity index (χ2v) is 17.2. The number of carbonyl (C=O) groups is 1. The molecule has 0 bridgehead atoms. The van der Waals surface area contributed by atoms with Gasteiger partial charge in [0.1, 0.15) is 0 Å². The van der Waals surface area contributed by atoms with Crippen LogP contribution >= 0.6 is 0 Å². The fraction of sp³-hybridized carbons (Fsp3) is 0.500. The average Bonchev–Trinajstić information content (AvgIpc) is 2.50. The zero-order chi connectivity index (χ0) is 11.9. The first-order chi connectivity index (χ1) is 7.51. The van der Waals surface area contributed by atoms with Crippen molar-refractivity contribution in [3.05, 3.63) is 18.3 Å². The van der Waals surface area contributed by atoms with Crippen LogP contribution in [0.1, 0.15) is 27.7 Å². The average molecular weight is 246 g/mol. The van der Waals surface area contributed by atoms with E-state index in [9.17, 15) is 4.79 Å². The predicted octanol–water partition coefficient (Wildman–Crippen LogP) is 2.68. The van der Waals surface area contributed by atoms with Crippen LogP contribution in [-0.2, 0) is 0 Å². The van der Waals surface area contributed by atoms with E-state index in [-0.39, 0.29) is 0 Å². The molecule has 1 N–H and O–H groups in total. The molecule has 1 amide bonds. The number of aromatic nitrogens is 1. The molecule has 0 aliphatic carbocycles. The Bertz CT molecular complexity index is 421. The molecule has 2 radical (unpaired) electrons. The number of amides is 1. The van der Waals surface area contributed by atoms with Crippen molar-refractivity contribution in [2.45, 2.75) is 31.7 Å². The number of carbonyl (C=O) groups excluding carboxylic acids is 1. The molecule has 0 atom stereocenters. The van der Waals surface area contributed by atoms with Crippen LogP contribution in [0, 0.1) is 0 Å². The number of hydrogen-bond donors (Lipinski definition) is 1. The van der Waals surface area contributed by atoms with Crippen LogP contribution in [-0.4, -0.2) is 36.9 Å². The van der Waals surface area contributed by atoms with Gasteiger partial charge >= 0.3 is 105 Å². The molecule has 2 rings (SSSR count). The van der Waals surface area contributed by atoms with Crippen molar-refractivity contribution < 1.29 is 4.79 Å². The Labute approximate surface area is 104 Å². The summed E-state index contributed by atoms with van der Waals surface area (Å²) in [5.74, 6) is 0.829. The fourth-order valence-electron chi connectivity index (χ4n) is 4.04. The van der Waals surface area contributed by atoms with Crippen molar-refractivity contribution in [2.75, 3.05) is 5.32 Å². The van der Waals surface area contributed by atoms with Crippen LogP contribution in [0.2, 0.25) is 4.03 Å². The van der Waals surface area contributed by atoms with Crippen LogP contribution in [0.25, 0.3) is 0 Å². The molecule has 0 saturated heterocycles. The summed E-state index contributed by atoms with van der Waals surface area (Å²) in [4.78, 5) is 16.7. The third kappa shape index (κ3) is 1.52. The van der Waals surface area contributed by atoms with Gasteiger partial charge in [-0.2, -0.15) is 0 Å². The third-order valence-electron chi connectivity index (χ3n) is 4.89. The van der Waals surface area contributed by atoms with Gasteiger partial charge in [-0.25, -0.2) is 0 Å². The minimum absolute atomic E-state index is 0.308. The normalized spacial score (nSPS) is 17.8. The molecule has 0 spiro atoms. The minimum atomic E-state index is -3.10. The monoisotopic (exact) mass is 246 g/mol. The molecule has 0 unspecified atom stereocenters. The van der Waals surface area contributed by atoms with Gasteiger partial charge in [0.25, 0.3) is 0 Å². The quantitative estimate of drug-likeness (QED) is 0.815. The summed E-state index contributed by atoms with van der Waals surface area (Å²) in [7, 11) is 0. The third-order valence-corrected chi connectivity index (χ3v) is 17.7. The molecule has 84 valence electrons. The van der Waals surface area contributed by atoms with Gasteiger partial charge in [0.15, 0.2) is 0 Å². The van der Waals surface area contributed by atoms with Crippen molar-refractivity contribution in [1.29, 1.82) is 0 Å². The van der Waals surface area contributed by atoms with Gasteiger partial charge in [-0.15, -0.1) is 0 Å². The molecule has 4 heteroatoms. The van der Waals surface area contributed by atoms with E-state index in [1.165, 1.54) is 1.66 Å². The summed E-state index contributed by atoms with van der Waals surface area (Å²) in [5, 5.41) is 3.00. The molecule has 0 saturated carbocycles. The summed E-state index contributed by atoms with van der Waals surface area (Å²) in [6.45, 7) is 8.78. The Morgan fingerprint density at radius 3 is 2.44 bits per heavy atom. The summed E-state index contributed by atoms with van der Waals surface area (Å²) < 4.78 is 2.53. The van der Waals surface area contributed by atoms with E-state index in [1.807, 2.05) is 6.07 Å². The zero-order valence-corrected chi connectivity index (χ0v) is 12.7. The Kier molecular flexibility index (Phi) is 3.30. The van der Waals surface area contributed by atoms with Gasteiger partial charge < -0.3 is 0 Å². The van der Waals surface area contributed by atoms with Gasteiger partial charge in [-0.1, -0.05) is 0 Å². The first-order valence-electron chi connectivity index (χ1n) is 6.22. The molecule has 1 aromatic rings. The van der Waals surface area contributed by atoms with E-state index in [1.54, 1.807) is 6.20 Å². The SMILES string of the molecule is C[CH](C)[Ca]1([CH](C)C)[C](=O)Nc2nccc[c]21. The topological polar surface area (TPSA) is 42.0 Å². The number of anilines is 1. The van der Waals surface area contributed by atoms with Crippen molar-refractivity contribution >= 4 is 39.4 Å². The molecule has 1 aliphatic rings. The summed E-state index contributed by atoms with van der Waals surface area (Å²) in [6.07, 6.45) is 1.75. The second kappa shape index (κ2) is 4.28. The van der Waals surface area contributed by atoms with Crippen LogP contribution in [0.5, 0.6) is 0 Å². The molecule has 2 heterocycles. The van der Waals surface area contributed by atoms with Gasteiger partial charge in [0, 0.05) is 0 Å². The van der Waals surface area contributed by atoms with Crippen LogP contribution in [0.4, 0.5) is 10.6 Å². The first kappa shape index (κ1) is 12.3. The number of nitrogens with zero attached hydrogens (tertiary/aromatic N) is 1. The molecule has 1 aliphatic heterocycles. The summed E-state index contributed by atoms with van der Waals surface area (Å²) in [6, 6.07) is 4.07. The fourth-order valence-corrected chi connectivity index (χ4v) is 15.3. The molecular weight excluding hydrogens is 228 g/mol. The summed E-state index contributed by atoms with van der Waals surface area (Å²) in [5.41, 5.74) is 0. The first-order valence-corrected chi connectivity index (χ1v) is 11.0. The Morgan fingerprint density at radius 1 is 1.25 bits per heavy atom. The number of pyridine rings is 1. The van der Waals surface area contributed by atoms with Crippen molar-refractivity contribution in [1.82, 2.24) is 4.98 Å². The van der Waals surface area contributed by atoms with Gasteiger partial charge in [-0.3, -0.25) is 0 Å². The van der Waals surface area contributed by atoms with Crippen LogP contribution < -0.4 is 6.98 Å². The number of rotatable bonds is 2. The van der Waals surface area contributed by atoms with E-state index in [4.69, 9.17) is 0 Å². The molecule has 0 aromatic carbocycles. The van der Waals surface area contributed by atoms with Crippen molar-refractivity contribution in [2.24, 2.45) is 0 Å². The van der Waals surface area contributed by atoms with Gasteiger partial charge in [-0.05, 0) is 0 Å². The predicted molar refractivity (Wildman–Crippen MR) is 68.8 cm³/mol. The standard InChI is InChI=1S/C6H4N2O.2C3H7.Ca/c9-5-8-6-3-1-2-4-7-6;2*1-3-2;/h1-2,4H,(H,7,8,9);2*3H,1-2H3;. The Morgan fingerprint density at radius 2 is 1.88 bits per heavy atom. The van der Waals surface area contributed by atoms with Crippen LogP contribution in [0.3, 0.4) is 0 Å².